The topological polar surface area (TPSA) is 52.4 Å². The highest BCUT2D eigenvalue weighted by atomic mass is 17.0. The molecule has 4 heteroatoms. The highest BCUT2D eigenvalue weighted by molar-refractivity contribution is 5.06. The Morgan fingerprint density at radius 3 is 2.06 bits per heavy atom. The fourth-order valence-electron chi connectivity index (χ4n) is 5.11. The third kappa shape index (κ3) is 1.56. The molecule has 0 radical (unpaired) electrons. The summed E-state index contributed by atoms with van der Waals surface area (Å²) in [6.07, 6.45) is 6.24. The van der Waals surface area contributed by atoms with Crippen molar-refractivity contribution in [3.8, 4) is 0 Å². The molecule has 4 nitrogen and oxygen atoms in total. The maximum absolute atomic E-state index is 10.6. The summed E-state index contributed by atoms with van der Waals surface area (Å²) in [6, 6.07) is 0. The molecule has 4 saturated carbocycles. The molecular weight excluding hydrogens is 218 g/mol. The molecule has 4 bridgehead atoms. The van der Waals surface area contributed by atoms with Gasteiger partial charge in [0, 0.05) is 0 Å². The Hall–Kier alpha value is -0.800. The Bertz CT molecular complexity index is 314. The van der Waals surface area contributed by atoms with Crippen LogP contribution in [0.5, 0.6) is 0 Å². The van der Waals surface area contributed by atoms with Crippen molar-refractivity contribution < 1.29 is 9.92 Å². The number of hydrogen-bond donors (Lipinski definition) is 0. The molecule has 17 heavy (non-hydrogen) atoms. The van der Waals surface area contributed by atoms with Crippen molar-refractivity contribution in [2.45, 2.75) is 52.1 Å². The van der Waals surface area contributed by atoms with Crippen LogP contribution in [0.4, 0.5) is 0 Å². The normalized spacial score (nSPS) is 49.1. The van der Waals surface area contributed by atoms with Crippen molar-refractivity contribution in [3.05, 3.63) is 10.1 Å². The van der Waals surface area contributed by atoms with Crippen LogP contribution in [0.2, 0.25) is 0 Å². The standard InChI is InChI=1S/C13H21NO3/c1-8(17-14(15)16)13(2)11-4-9-3-10(6-11)7-12(13)5-9/h8-12H,3-7H2,1-2H3. The predicted octanol–water partition coefficient (Wildman–Crippen LogP) is 3.05. The maximum Gasteiger partial charge on any atom is 0.294 e. The molecule has 0 aliphatic heterocycles. The SMILES string of the molecule is CC(O[N+](=O)[O-])C1(C)C2CC3CC(C2)CC1C3. The van der Waals surface area contributed by atoms with E-state index < -0.39 is 5.09 Å². The fourth-order valence-corrected chi connectivity index (χ4v) is 5.11. The minimum Gasteiger partial charge on any atom is -0.310 e. The van der Waals surface area contributed by atoms with Gasteiger partial charge in [-0.05, 0) is 68.1 Å². The maximum atomic E-state index is 10.6. The molecule has 1 atom stereocenters. The van der Waals surface area contributed by atoms with Crippen LogP contribution in [0.1, 0.15) is 46.0 Å². The van der Waals surface area contributed by atoms with Gasteiger partial charge in [-0.2, -0.15) is 0 Å². The number of rotatable bonds is 3. The summed E-state index contributed by atoms with van der Waals surface area (Å²) in [7, 11) is 0. The molecule has 1 unspecified atom stereocenters. The van der Waals surface area contributed by atoms with Gasteiger partial charge in [0.15, 0.2) is 0 Å². The predicted molar refractivity (Wildman–Crippen MR) is 62.7 cm³/mol. The highest BCUT2D eigenvalue weighted by Gasteiger charge is 2.57. The summed E-state index contributed by atoms with van der Waals surface area (Å²) in [5.41, 5.74) is 0.0283. The molecule has 0 aromatic carbocycles. The second-order valence-corrected chi connectivity index (χ2v) is 6.64. The second-order valence-electron chi connectivity index (χ2n) is 6.64. The second kappa shape index (κ2) is 3.59. The molecule has 0 heterocycles. The summed E-state index contributed by atoms with van der Waals surface area (Å²) in [6.45, 7) is 4.12. The zero-order chi connectivity index (χ0) is 12.2. The van der Waals surface area contributed by atoms with Gasteiger partial charge < -0.3 is 4.84 Å². The first-order valence-electron chi connectivity index (χ1n) is 6.81. The molecule has 4 fully saturated rings. The zero-order valence-corrected chi connectivity index (χ0v) is 10.6. The number of nitrogens with zero attached hydrogens (tertiary/aromatic N) is 1. The Morgan fingerprint density at radius 1 is 1.18 bits per heavy atom. The van der Waals surface area contributed by atoms with E-state index in [4.69, 9.17) is 4.84 Å². The molecule has 4 aliphatic rings. The van der Waals surface area contributed by atoms with Gasteiger partial charge in [-0.25, -0.2) is 0 Å². The average molecular weight is 239 g/mol. The minimum absolute atomic E-state index is 0.0283. The van der Waals surface area contributed by atoms with Gasteiger partial charge in [-0.15, -0.1) is 10.1 Å². The Labute approximate surface area is 102 Å². The first-order valence-corrected chi connectivity index (χ1v) is 6.81. The largest absolute Gasteiger partial charge is 0.310 e. The van der Waals surface area contributed by atoms with Crippen molar-refractivity contribution in [1.29, 1.82) is 0 Å². The molecular formula is C13H21NO3. The van der Waals surface area contributed by atoms with Crippen molar-refractivity contribution in [3.63, 3.8) is 0 Å². The first kappa shape index (κ1) is 11.3. The van der Waals surface area contributed by atoms with Crippen LogP contribution < -0.4 is 0 Å². The van der Waals surface area contributed by atoms with Gasteiger partial charge in [0.25, 0.3) is 5.09 Å². The van der Waals surface area contributed by atoms with Crippen molar-refractivity contribution >= 4 is 0 Å². The van der Waals surface area contributed by atoms with E-state index in [0.29, 0.717) is 11.8 Å². The Kier molecular flexibility index (Phi) is 2.39. The van der Waals surface area contributed by atoms with Crippen molar-refractivity contribution in [1.82, 2.24) is 0 Å². The van der Waals surface area contributed by atoms with Crippen LogP contribution in [-0.4, -0.2) is 11.2 Å². The van der Waals surface area contributed by atoms with Gasteiger partial charge in [0.1, 0.15) is 6.10 Å². The lowest BCUT2D eigenvalue weighted by atomic mass is 9.44. The third-order valence-electron chi connectivity index (χ3n) is 6.02. The third-order valence-corrected chi connectivity index (χ3v) is 6.02. The summed E-state index contributed by atoms with van der Waals surface area (Å²) in [5, 5.41) is 9.96. The van der Waals surface area contributed by atoms with E-state index in [-0.39, 0.29) is 11.5 Å². The molecule has 0 N–H and O–H groups in total. The van der Waals surface area contributed by atoms with E-state index in [1.807, 2.05) is 6.92 Å². The van der Waals surface area contributed by atoms with E-state index in [0.717, 1.165) is 11.8 Å². The summed E-state index contributed by atoms with van der Waals surface area (Å²) < 4.78 is 0. The van der Waals surface area contributed by atoms with Crippen LogP contribution in [0.25, 0.3) is 0 Å². The summed E-state index contributed by atoms with van der Waals surface area (Å²) in [4.78, 5) is 15.5. The molecule has 4 aliphatic carbocycles. The quantitative estimate of drug-likeness (QED) is 0.562. The van der Waals surface area contributed by atoms with Gasteiger partial charge in [0.2, 0.25) is 0 Å². The lowest BCUT2D eigenvalue weighted by Crippen LogP contribution is -2.56. The Balaban J connectivity index is 1.84. The summed E-state index contributed by atoms with van der Waals surface area (Å²) >= 11 is 0. The van der Waals surface area contributed by atoms with E-state index in [2.05, 4.69) is 6.92 Å². The minimum atomic E-state index is -0.610. The Morgan fingerprint density at radius 2 is 1.65 bits per heavy atom. The number of hydrogen-bond acceptors (Lipinski definition) is 3. The van der Waals surface area contributed by atoms with Gasteiger partial charge in [0.05, 0.1) is 0 Å². The summed E-state index contributed by atoms with van der Waals surface area (Å²) in [5.74, 6) is 3.09. The molecule has 0 aromatic heterocycles. The highest BCUT2D eigenvalue weighted by Crippen LogP contribution is 2.63. The van der Waals surface area contributed by atoms with E-state index >= 15 is 0 Å². The molecule has 96 valence electrons. The molecule has 0 aromatic rings. The van der Waals surface area contributed by atoms with Gasteiger partial charge in [-0.3, -0.25) is 0 Å². The lowest BCUT2D eigenvalue weighted by molar-refractivity contribution is -0.772. The zero-order valence-electron chi connectivity index (χ0n) is 10.6. The van der Waals surface area contributed by atoms with Gasteiger partial charge >= 0.3 is 0 Å². The van der Waals surface area contributed by atoms with Crippen molar-refractivity contribution in [2.75, 3.05) is 0 Å². The van der Waals surface area contributed by atoms with Crippen LogP contribution in [-0.2, 0) is 4.84 Å². The molecule has 0 saturated heterocycles. The first-order chi connectivity index (χ1) is 8.00. The van der Waals surface area contributed by atoms with E-state index in [1.54, 1.807) is 0 Å². The lowest BCUT2D eigenvalue weighted by Gasteiger charge is -2.61. The van der Waals surface area contributed by atoms with Gasteiger partial charge in [-0.1, -0.05) is 6.92 Å². The monoisotopic (exact) mass is 239 g/mol. The van der Waals surface area contributed by atoms with Crippen LogP contribution >= 0.6 is 0 Å². The van der Waals surface area contributed by atoms with E-state index in [9.17, 15) is 10.1 Å². The van der Waals surface area contributed by atoms with E-state index in [1.165, 1.54) is 32.1 Å². The van der Waals surface area contributed by atoms with Crippen molar-refractivity contribution in [2.24, 2.45) is 29.1 Å². The van der Waals surface area contributed by atoms with Crippen LogP contribution in [0.15, 0.2) is 0 Å². The molecule has 4 rings (SSSR count). The smallest absolute Gasteiger partial charge is 0.294 e. The van der Waals surface area contributed by atoms with Crippen LogP contribution in [0.3, 0.4) is 0 Å². The fraction of sp³-hybridized carbons (Fsp3) is 1.00. The average Bonchev–Trinajstić information content (AvgIpc) is 2.23. The molecule has 0 amide bonds. The van der Waals surface area contributed by atoms with Crippen LogP contribution in [0, 0.1) is 39.2 Å². The molecule has 0 spiro atoms.